The van der Waals surface area contributed by atoms with Crippen LogP contribution in [0.25, 0.3) is 0 Å². The van der Waals surface area contributed by atoms with E-state index in [9.17, 15) is 4.79 Å². The van der Waals surface area contributed by atoms with Gasteiger partial charge in [-0.05, 0) is 41.8 Å². The number of halogens is 1. The van der Waals surface area contributed by atoms with Crippen molar-refractivity contribution >= 4 is 21.8 Å². The van der Waals surface area contributed by atoms with E-state index in [1.807, 2.05) is 19.1 Å². The molecule has 0 aromatic carbocycles. The van der Waals surface area contributed by atoms with E-state index in [0.29, 0.717) is 30.6 Å². The Bertz CT molecular complexity index is 682. The Balaban J connectivity index is 1.67. The van der Waals surface area contributed by atoms with E-state index in [1.165, 1.54) is 0 Å². The molecule has 2 N–H and O–H groups in total. The van der Waals surface area contributed by atoms with E-state index in [4.69, 9.17) is 4.74 Å². The Morgan fingerprint density at radius 3 is 3.09 bits per heavy atom. The summed E-state index contributed by atoms with van der Waals surface area (Å²) in [6.45, 7) is 2.78. The van der Waals surface area contributed by atoms with Crippen LogP contribution >= 0.6 is 15.9 Å². The van der Waals surface area contributed by atoms with Crippen LogP contribution in [0, 0.1) is 0 Å². The molecule has 0 saturated heterocycles. The van der Waals surface area contributed by atoms with Gasteiger partial charge in [-0.1, -0.05) is 6.07 Å². The molecule has 0 spiro atoms. The molecule has 1 aliphatic rings. The monoisotopic (exact) mass is 364 g/mol. The predicted octanol–water partition coefficient (Wildman–Crippen LogP) is 2.77. The molecular weight excluding hydrogens is 348 g/mol. The first-order chi connectivity index (χ1) is 10.7. The molecule has 0 aliphatic heterocycles. The van der Waals surface area contributed by atoms with E-state index in [1.54, 1.807) is 6.20 Å². The molecule has 2 heterocycles. The summed E-state index contributed by atoms with van der Waals surface area (Å²) in [6, 6.07) is 3.70. The van der Waals surface area contributed by atoms with E-state index < -0.39 is 0 Å². The molecule has 2 aromatic heterocycles. The lowest BCUT2D eigenvalue weighted by Crippen LogP contribution is -2.24. The van der Waals surface area contributed by atoms with Gasteiger partial charge in [0.1, 0.15) is 0 Å². The normalized spacial score (nSPS) is 13.9. The summed E-state index contributed by atoms with van der Waals surface area (Å²) in [7, 11) is 0. The zero-order valence-electron chi connectivity index (χ0n) is 12.2. The molecule has 3 rings (SSSR count). The van der Waals surface area contributed by atoms with Gasteiger partial charge >= 0.3 is 0 Å². The maximum Gasteiger partial charge on any atom is 0.273 e. The number of hydrogen-bond acceptors (Lipinski definition) is 4. The Hall–Kier alpha value is -1.89. The third-order valence-corrected chi connectivity index (χ3v) is 4.31. The highest BCUT2D eigenvalue weighted by molar-refractivity contribution is 9.10. The number of aromatic nitrogens is 3. The van der Waals surface area contributed by atoms with Crippen LogP contribution in [-0.2, 0) is 6.54 Å². The SMILES string of the molecule is CCOc1ncccc1CNC(=O)c1n[nH]c(C2CC2)c1Br. The first kappa shape index (κ1) is 15.0. The fourth-order valence-electron chi connectivity index (χ4n) is 2.22. The minimum Gasteiger partial charge on any atom is -0.478 e. The number of hydrogen-bond donors (Lipinski definition) is 2. The van der Waals surface area contributed by atoms with Gasteiger partial charge in [0.15, 0.2) is 5.69 Å². The van der Waals surface area contributed by atoms with Crippen molar-refractivity contribution in [3.63, 3.8) is 0 Å². The number of ether oxygens (including phenoxy) is 1. The molecule has 22 heavy (non-hydrogen) atoms. The topological polar surface area (TPSA) is 79.9 Å². The number of pyridine rings is 1. The molecule has 0 bridgehead atoms. The van der Waals surface area contributed by atoms with Crippen molar-refractivity contribution in [1.82, 2.24) is 20.5 Å². The molecule has 116 valence electrons. The van der Waals surface area contributed by atoms with E-state index in [0.717, 1.165) is 28.6 Å². The number of nitrogens with zero attached hydrogens (tertiary/aromatic N) is 2. The van der Waals surface area contributed by atoms with Crippen molar-refractivity contribution in [2.75, 3.05) is 6.61 Å². The van der Waals surface area contributed by atoms with Gasteiger partial charge in [0, 0.05) is 24.2 Å². The molecule has 7 heteroatoms. The third-order valence-electron chi connectivity index (χ3n) is 3.50. The second kappa shape index (κ2) is 6.48. The zero-order chi connectivity index (χ0) is 15.5. The van der Waals surface area contributed by atoms with E-state index >= 15 is 0 Å². The van der Waals surface area contributed by atoms with Crippen LogP contribution in [0.5, 0.6) is 5.88 Å². The molecule has 0 unspecified atom stereocenters. The number of H-pyrrole nitrogens is 1. The summed E-state index contributed by atoms with van der Waals surface area (Å²) in [5.41, 5.74) is 2.25. The zero-order valence-corrected chi connectivity index (χ0v) is 13.8. The Morgan fingerprint density at radius 1 is 1.55 bits per heavy atom. The van der Waals surface area contributed by atoms with Crippen LogP contribution in [0.15, 0.2) is 22.8 Å². The minimum absolute atomic E-state index is 0.221. The van der Waals surface area contributed by atoms with Gasteiger partial charge in [-0.25, -0.2) is 4.98 Å². The maximum absolute atomic E-state index is 12.3. The highest BCUT2D eigenvalue weighted by Crippen LogP contribution is 2.42. The molecular formula is C15H17BrN4O2. The molecule has 1 aliphatic carbocycles. The first-order valence-electron chi connectivity index (χ1n) is 7.29. The Labute approximate surface area is 136 Å². The van der Waals surface area contributed by atoms with Crippen molar-refractivity contribution < 1.29 is 9.53 Å². The van der Waals surface area contributed by atoms with Crippen LogP contribution in [0.2, 0.25) is 0 Å². The number of carbonyl (C=O) groups is 1. The van der Waals surface area contributed by atoms with Gasteiger partial charge in [-0.15, -0.1) is 0 Å². The average Bonchev–Trinajstić information content (AvgIpc) is 3.29. The van der Waals surface area contributed by atoms with E-state index in [2.05, 4.69) is 36.4 Å². The molecule has 1 fully saturated rings. The van der Waals surface area contributed by atoms with Gasteiger partial charge in [0.05, 0.1) is 16.8 Å². The van der Waals surface area contributed by atoms with E-state index in [-0.39, 0.29) is 5.91 Å². The van der Waals surface area contributed by atoms with Crippen LogP contribution in [0.1, 0.15) is 47.4 Å². The number of aromatic amines is 1. The van der Waals surface area contributed by atoms with Gasteiger partial charge < -0.3 is 10.1 Å². The fourth-order valence-corrected chi connectivity index (χ4v) is 2.90. The standard InChI is InChI=1S/C15H17BrN4O2/c1-2-22-15-10(4-3-7-17-15)8-18-14(21)13-11(16)12(19-20-13)9-5-6-9/h3-4,7,9H,2,5-6,8H2,1H3,(H,18,21)(H,19,20). The second-order valence-corrected chi connectivity index (χ2v) is 5.95. The van der Waals surface area contributed by atoms with Crippen molar-refractivity contribution in [3.05, 3.63) is 39.8 Å². The maximum atomic E-state index is 12.3. The highest BCUT2D eigenvalue weighted by Gasteiger charge is 2.30. The number of nitrogens with one attached hydrogen (secondary N) is 2. The van der Waals surface area contributed by atoms with Gasteiger partial charge in [0.2, 0.25) is 5.88 Å². The Morgan fingerprint density at radius 2 is 2.36 bits per heavy atom. The third kappa shape index (κ3) is 3.14. The quantitative estimate of drug-likeness (QED) is 0.825. The summed E-state index contributed by atoms with van der Waals surface area (Å²) >= 11 is 3.47. The molecule has 0 radical (unpaired) electrons. The van der Waals surface area contributed by atoms with Crippen LogP contribution in [0.3, 0.4) is 0 Å². The predicted molar refractivity (Wildman–Crippen MR) is 84.8 cm³/mol. The van der Waals surface area contributed by atoms with Gasteiger partial charge in [-0.2, -0.15) is 5.10 Å². The van der Waals surface area contributed by atoms with Gasteiger partial charge in [-0.3, -0.25) is 9.89 Å². The summed E-state index contributed by atoms with van der Waals surface area (Å²) in [4.78, 5) is 16.4. The summed E-state index contributed by atoms with van der Waals surface area (Å²) < 4.78 is 6.22. The van der Waals surface area contributed by atoms with Crippen LogP contribution in [-0.4, -0.2) is 27.7 Å². The van der Waals surface area contributed by atoms with Crippen LogP contribution < -0.4 is 10.1 Å². The van der Waals surface area contributed by atoms with Crippen LogP contribution in [0.4, 0.5) is 0 Å². The van der Waals surface area contributed by atoms with Crippen molar-refractivity contribution in [3.8, 4) is 5.88 Å². The lowest BCUT2D eigenvalue weighted by atomic mass is 10.2. The fraction of sp³-hybridized carbons (Fsp3) is 0.400. The first-order valence-corrected chi connectivity index (χ1v) is 8.08. The molecule has 6 nitrogen and oxygen atoms in total. The number of rotatable bonds is 6. The minimum atomic E-state index is -0.221. The van der Waals surface area contributed by atoms with Crippen molar-refractivity contribution in [2.24, 2.45) is 0 Å². The summed E-state index contributed by atoms with van der Waals surface area (Å²) in [5, 5.41) is 9.93. The summed E-state index contributed by atoms with van der Waals surface area (Å²) in [6.07, 6.45) is 3.97. The lowest BCUT2D eigenvalue weighted by molar-refractivity contribution is 0.0945. The summed E-state index contributed by atoms with van der Waals surface area (Å²) in [5.74, 6) is 0.831. The van der Waals surface area contributed by atoms with Crippen molar-refractivity contribution in [2.45, 2.75) is 32.2 Å². The molecule has 2 aromatic rings. The van der Waals surface area contributed by atoms with Crippen molar-refractivity contribution in [1.29, 1.82) is 0 Å². The largest absolute Gasteiger partial charge is 0.478 e. The number of carbonyl (C=O) groups excluding carboxylic acids is 1. The molecule has 1 amide bonds. The number of amides is 1. The lowest BCUT2D eigenvalue weighted by Gasteiger charge is -2.09. The molecule has 1 saturated carbocycles. The smallest absolute Gasteiger partial charge is 0.273 e. The Kier molecular flexibility index (Phi) is 4.42. The highest BCUT2D eigenvalue weighted by atomic mass is 79.9. The average molecular weight is 365 g/mol. The van der Waals surface area contributed by atoms with Gasteiger partial charge in [0.25, 0.3) is 5.91 Å². The molecule has 0 atom stereocenters. The second-order valence-electron chi connectivity index (χ2n) is 5.16.